The molecule has 0 nitrogen and oxygen atoms in total. The first kappa shape index (κ1) is 10.5. The number of allylic oxidation sites excluding steroid dienone is 7. The fraction of sp³-hybridized carbons (Fsp3) is 0.467. The van der Waals surface area contributed by atoms with Gasteiger partial charge in [0.05, 0.1) is 0 Å². The molecule has 0 bridgehead atoms. The maximum atomic E-state index is 3.99. The largest absolute Gasteiger partial charge is 0.0958 e. The molecule has 0 heterocycles. The smallest absolute Gasteiger partial charge is 0.00210 e. The third kappa shape index (κ3) is 2.50. The Morgan fingerprint density at radius 3 is 2.73 bits per heavy atom. The van der Waals surface area contributed by atoms with Gasteiger partial charge >= 0.3 is 0 Å². The Hall–Kier alpha value is -1.04. The van der Waals surface area contributed by atoms with Crippen molar-refractivity contribution in [2.45, 2.75) is 32.6 Å². The SMILES string of the molecule is C=C1C=CC(C2=CCC(CC)C=C2)CC1. The van der Waals surface area contributed by atoms with Gasteiger partial charge in [0.15, 0.2) is 0 Å². The summed E-state index contributed by atoms with van der Waals surface area (Å²) in [6, 6.07) is 0. The van der Waals surface area contributed by atoms with E-state index < -0.39 is 0 Å². The van der Waals surface area contributed by atoms with E-state index in [0.29, 0.717) is 5.92 Å². The Bertz CT molecular complexity index is 328. The first-order chi connectivity index (χ1) is 7.29. The van der Waals surface area contributed by atoms with Crippen LogP contribution in [0.1, 0.15) is 32.6 Å². The van der Waals surface area contributed by atoms with Crippen molar-refractivity contribution in [3.8, 4) is 0 Å². The molecule has 2 aliphatic carbocycles. The summed E-state index contributed by atoms with van der Waals surface area (Å²) in [7, 11) is 0. The summed E-state index contributed by atoms with van der Waals surface area (Å²) in [4.78, 5) is 0. The van der Waals surface area contributed by atoms with Gasteiger partial charge in [-0.05, 0) is 37.2 Å². The van der Waals surface area contributed by atoms with Gasteiger partial charge in [0.25, 0.3) is 0 Å². The van der Waals surface area contributed by atoms with Crippen LogP contribution in [0.2, 0.25) is 0 Å². The molecule has 0 spiro atoms. The average Bonchev–Trinajstić information content (AvgIpc) is 2.30. The Morgan fingerprint density at radius 2 is 2.20 bits per heavy atom. The van der Waals surface area contributed by atoms with Crippen LogP contribution in [0, 0.1) is 11.8 Å². The van der Waals surface area contributed by atoms with Gasteiger partial charge in [0, 0.05) is 5.92 Å². The Balaban J connectivity index is 2.02. The summed E-state index contributed by atoms with van der Waals surface area (Å²) in [6.07, 6.45) is 16.5. The molecular formula is C15H20. The number of rotatable bonds is 2. The van der Waals surface area contributed by atoms with Crippen molar-refractivity contribution in [3.63, 3.8) is 0 Å². The van der Waals surface area contributed by atoms with Crippen LogP contribution < -0.4 is 0 Å². The molecule has 0 saturated heterocycles. The second-order valence-corrected chi connectivity index (χ2v) is 4.63. The standard InChI is InChI=1S/C15H20/c1-3-13-6-10-15(11-7-13)14-8-4-12(2)5-9-14/h4,6,8,10-11,13-14H,2-3,5,7,9H2,1H3. The molecule has 80 valence electrons. The van der Waals surface area contributed by atoms with Crippen LogP contribution in [-0.4, -0.2) is 0 Å². The molecule has 15 heavy (non-hydrogen) atoms. The lowest BCUT2D eigenvalue weighted by Gasteiger charge is -2.22. The maximum Gasteiger partial charge on any atom is 0.00210 e. The second kappa shape index (κ2) is 4.65. The molecule has 0 fully saturated rings. The highest BCUT2D eigenvalue weighted by Crippen LogP contribution is 2.31. The zero-order chi connectivity index (χ0) is 10.7. The fourth-order valence-electron chi connectivity index (χ4n) is 2.31. The summed E-state index contributed by atoms with van der Waals surface area (Å²) in [5.74, 6) is 1.42. The third-order valence-electron chi connectivity index (χ3n) is 3.51. The highest BCUT2D eigenvalue weighted by Gasteiger charge is 2.15. The van der Waals surface area contributed by atoms with E-state index in [-0.39, 0.29) is 0 Å². The molecule has 2 aliphatic rings. The zero-order valence-electron chi connectivity index (χ0n) is 9.58. The van der Waals surface area contributed by atoms with E-state index in [2.05, 4.69) is 43.9 Å². The quantitative estimate of drug-likeness (QED) is 0.619. The molecule has 0 heteroatoms. The van der Waals surface area contributed by atoms with E-state index >= 15 is 0 Å². The molecule has 0 radical (unpaired) electrons. The molecule has 0 aliphatic heterocycles. The maximum absolute atomic E-state index is 3.99. The second-order valence-electron chi connectivity index (χ2n) is 4.63. The number of hydrogen-bond acceptors (Lipinski definition) is 0. The summed E-state index contributed by atoms with van der Waals surface area (Å²) in [5.41, 5.74) is 2.79. The van der Waals surface area contributed by atoms with Gasteiger partial charge in [-0.2, -0.15) is 0 Å². The first-order valence-corrected chi connectivity index (χ1v) is 6.04. The first-order valence-electron chi connectivity index (χ1n) is 6.04. The molecule has 2 atom stereocenters. The summed E-state index contributed by atoms with van der Waals surface area (Å²) in [5, 5.41) is 0. The molecule has 2 rings (SSSR count). The van der Waals surface area contributed by atoms with E-state index in [1.54, 1.807) is 0 Å². The molecule has 0 N–H and O–H groups in total. The Kier molecular flexibility index (Phi) is 3.25. The molecular weight excluding hydrogens is 180 g/mol. The van der Waals surface area contributed by atoms with Crippen LogP contribution in [-0.2, 0) is 0 Å². The molecule has 2 unspecified atom stereocenters. The van der Waals surface area contributed by atoms with Crippen molar-refractivity contribution in [1.82, 2.24) is 0 Å². The van der Waals surface area contributed by atoms with Crippen LogP contribution in [0.3, 0.4) is 0 Å². The van der Waals surface area contributed by atoms with Crippen LogP contribution >= 0.6 is 0 Å². The Morgan fingerprint density at radius 1 is 1.33 bits per heavy atom. The van der Waals surface area contributed by atoms with Crippen molar-refractivity contribution in [3.05, 3.63) is 48.1 Å². The lowest BCUT2D eigenvalue weighted by molar-refractivity contribution is 0.606. The molecule has 0 aromatic heterocycles. The van der Waals surface area contributed by atoms with E-state index in [9.17, 15) is 0 Å². The normalized spacial score (nSPS) is 30.5. The number of hydrogen-bond donors (Lipinski definition) is 0. The summed E-state index contributed by atoms with van der Waals surface area (Å²) >= 11 is 0. The fourth-order valence-corrected chi connectivity index (χ4v) is 2.31. The predicted molar refractivity (Wildman–Crippen MR) is 66.6 cm³/mol. The van der Waals surface area contributed by atoms with Gasteiger partial charge < -0.3 is 0 Å². The lowest BCUT2D eigenvalue weighted by Crippen LogP contribution is -2.08. The topological polar surface area (TPSA) is 0 Å². The van der Waals surface area contributed by atoms with Crippen LogP contribution in [0.5, 0.6) is 0 Å². The minimum absolute atomic E-state index is 0.643. The van der Waals surface area contributed by atoms with Crippen molar-refractivity contribution in [2.75, 3.05) is 0 Å². The van der Waals surface area contributed by atoms with Gasteiger partial charge in [-0.25, -0.2) is 0 Å². The van der Waals surface area contributed by atoms with E-state index in [1.807, 2.05) is 0 Å². The third-order valence-corrected chi connectivity index (χ3v) is 3.51. The predicted octanol–water partition coefficient (Wildman–Crippen LogP) is 4.42. The van der Waals surface area contributed by atoms with Crippen molar-refractivity contribution in [2.24, 2.45) is 11.8 Å². The van der Waals surface area contributed by atoms with Crippen molar-refractivity contribution in [1.29, 1.82) is 0 Å². The highest BCUT2D eigenvalue weighted by atomic mass is 14.2. The van der Waals surface area contributed by atoms with Gasteiger partial charge in [0.2, 0.25) is 0 Å². The molecule has 0 saturated carbocycles. The van der Waals surface area contributed by atoms with Crippen molar-refractivity contribution >= 4 is 0 Å². The van der Waals surface area contributed by atoms with E-state index in [1.165, 1.54) is 30.4 Å². The van der Waals surface area contributed by atoms with Gasteiger partial charge in [-0.3, -0.25) is 0 Å². The van der Waals surface area contributed by atoms with Gasteiger partial charge in [-0.15, -0.1) is 0 Å². The lowest BCUT2D eigenvalue weighted by atomic mass is 9.83. The summed E-state index contributed by atoms with van der Waals surface area (Å²) in [6.45, 7) is 6.26. The van der Waals surface area contributed by atoms with Crippen LogP contribution in [0.4, 0.5) is 0 Å². The average molecular weight is 200 g/mol. The molecule has 0 aromatic carbocycles. The van der Waals surface area contributed by atoms with Crippen molar-refractivity contribution < 1.29 is 0 Å². The zero-order valence-corrected chi connectivity index (χ0v) is 9.58. The van der Waals surface area contributed by atoms with Gasteiger partial charge in [0.1, 0.15) is 0 Å². The van der Waals surface area contributed by atoms with Gasteiger partial charge in [-0.1, -0.05) is 49.5 Å². The highest BCUT2D eigenvalue weighted by molar-refractivity contribution is 5.33. The van der Waals surface area contributed by atoms with E-state index in [0.717, 1.165) is 12.3 Å². The summed E-state index contributed by atoms with van der Waals surface area (Å²) < 4.78 is 0. The minimum atomic E-state index is 0.643. The molecule has 0 aromatic rings. The molecule has 0 amide bonds. The van der Waals surface area contributed by atoms with E-state index in [4.69, 9.17) is 0 Å². The Labute approximate surface area is 93.1 Å². The minimum Gasteiger partial charge on any atom is -0.0958 e. The van der Waals surface area contributed by atoms with Crippen LogP contribution in [0.25, 0.3) is 0 Å². The van der Waals surface area contributed by atoms with Crippen LogP contribution in [0.15, 0.2) is 48.1 Å². The monoisotopic (exact) mass is 200 g/mol.